The highest BCUT2D eigenvalue weighted by atomic mass is 16.6. The van der Waals surface area contributed by atoms with Crippen LogP contribution in [-0.2, 0) is 28.5 Å². The molecule has 0 amide bonds. The minimum atomic E-state index is -0.635. The van der Waals surface area contributed by atoms with Gasteiger partial charge >= 0.3 is 29.8 Å². The molecule has 0 heterocycles. The molecule has 3 aromatic rings. The van der Waals surface area contributed by atoms with Crippen LogP contribution in [0.3, 0.4) is 0 Å². The molecule has 0 bridgehead atoms. The van der Waals surface area contributed by atoms with Crippen LogP contribution in [0, 0.1) is 11.8 Å². The van der Waals surface area contributed by atoms with Gasteiger partial charge < -0.3 is 37.9 Å². The number of allylic oxidation sites excluding steroid dienone is 4. The fourth-order valence-electron chi connectivity index (χ4n) is 5.45. The number of hydrogen-bond donors (Lipinski definition) is 0. The fraction of sp³-hybridized carbons (Fsp3) is 0.279. The molecule has 13 nitrogen and oxygen atoms in total. The standard InChI is InChI=1S/C43H42O13/c1-4-39(44)52-24-8-6-22-50-31-15-10-28(11-16-31)41(46)54-35-20-21-36(34-27-33(34)35)55-43(48)30-14-19-37(38(26-30)49-3)56-42(47)29-12-17-32(18-13-29)51-23-7-9-25-53-40(45)5-2/h4-5,10-21,26,33-34H,1-2,6-9,22-25,27H2,3H3. The van der Waals surface area contributed by atoms with Crippen LogP contribution in [0.1, 0.15) is 63.2 Å². The number of carbonyl (C=O) groups is 5. The van der Waals surface area contributed by atoms with E-state index in [-0.39, 0.29) is 41.1 Å². The van der Waals surface area contributed by atoms with Gasteiger partial charge in [0.05, 0.1) is 50.2 Å². The summed E-state index contributed by atoms with van der Waals surface area (Å²) in [6.07, 6.45) is 8.78. The van der Waals surface area contributed by atoms with E-state index in [0.29, 0.717) is 80.5 Å². The first-order valence-electron chi connectivity index (χ1n) is 18.0. The molecule has 2 atom stereocenters. The predicted molar refractivity (Wildman–Crippen MR) is 201 cm³/mol. The summed E-state index contributed by atoms with van der Waals surface area (Å²) in [6.45, 7) is 8.10. The van der Waals surface area contributed by atoms with E-state index in [0.717, 1.165) is 12.2 Å². The Bertz CT molecular complexity index is 1980. The Morgan fingerprint density at radius 3 is 1.46 bits per heavy atom. The molecular formula is C43H42O13. The molecule has 2 aliphatic rings. The Hall–Kier alpha value is -6.63. The molecule has 5 rings (SSSR count). The van der Waals surface area contributed by atoms with E-state index < -0.39 is 29.8 Å². The van der Waals surface area contributed by atoms with Gasteiger partial charge in [0.1, 0.15) is 23.0 Å². The summed E-state index contributed by atoms with van der Waals surface area (Å²) in [5, 5.41) is 0. The van der Waals surface area contributed by atoms with Crippen molar-refractivity contribution >= 4 is 29.8 Å². The molecule has 0 radical (unpaired) electrons. The van der Waals surface area contributed by atoms with E-state index in [4.69, 9.17) is 37.9 Å². The summed E-state index contributed by atoms with van der Waals surface area (Å²) in [4.78, 5) is 61.0. The first-order valence-corrected chi connectivity index (χ1v) is 18.0. The smallest absolute Gasteiger partial charge is 0.343 e. The molecule has 1 saturated carbocycles. The van der Waals surface area contributed by atoms with E-state index in [1.54, 1.807) is 60.7 Å². The van der Waals surface area contributed by atoms with Crippen LogP contribution < -0.4 is 18.9 Å². The SMILES string of the molecule is C=CC(=O)OCCCCOc1ccc(C(=O)OC2=CC=C(OC(=O)c3ccc(OC(=O)c4ccc(OCCCCOC(=O)C=C)cc4)c(OC)c3)C3CC23)cc1. The maximum Gasteiger partial charge on any atom is 0.343 e. The van der Waals surface area contributed by atoms with Crippen molar-refractivity contribution in [2.24, 2.45) is 11.8 Å². The summed E-state index contributed by atoms with van der Waals surface area (Å²) >= 11 is 0. The third-order valence-corrected chi connectivity index (χ3v) is 8.57. The lowest BCUT2D eigenvalue weighted by Gasteiger charge is -2.15. The Kier molecular flexibility index (Phi) is 14.6. The van der Waals surface area contributed by atoms with Gasteiger partial charge in [-0.05, 0) is 111 Å². The van der Waals surface area contributed by atoms with Crippen molar-refractivity contribution in [2.75, 3.05) is 33.5 Å². The van der Waals surface area contributed by atoms with Crippen molar-refractivity contribution in [3.8, 4) is 23.0 Å². The maximum absolute atomic E-state index is 13.1. The van der Waals surface area contributed by atoms with Crippen LogP contribution in [-0.4, -0.2) is 63.4 Å². The molecule has 3 aromatic carbocycles. The van der Waals surface area contributed by atoms with E-state index in [2.05, 4.69) is 13.2 Å². The molecule has 292 valence electrons. The molecular weight excluding hydrogens is 724 g/mol. The zero-order valence-corrected chi connectivity index (χ0v) is 30.9. The molecule has 2 aliphatic carbocycles. The second-order valence-electron chi connectivity index (χ2n) is 12.5. The second kappa shape index (κ2) is 20.2. The number of ether oxygens (including phenoxy) is 8. The molecule has 0 aliphatic heterocycles. The lowest BCUT2D eigenvalue weighted by molar-refractivity contribution is -0.138. The average molecular weight is 767 g/mol. The van der Waals surface area contributed by atoms with Gasteiger partial charge in [-0.2, -0.15) is 0 Å². The van der Waals surface area contributed by atoms with Crippen molar-refractivity contribution in [2.45, 2.75) is 32.1 Å². The van der Waals surface area contributed by atoms with Crippen LogP contribution in [0.25, 0.3) is 0 Å². The van der Waals surface area contributed by atoms with Crippen molar-refractivity contribution in [3.63, 3.8) is 0 Å². The fourth-order valence-corrected chi connectivity index (χ4v) is 5.45. The number of fused-ring (bicyclic) bond motifs is 1. The molecule has 56 heavy (non-hydrogen) atoms. The number of rotatable bonds is 21. The van der Waals surface area contributed by atoms with Gasteiger partial charge in [0.15, 0.2) is 11.5 Å². The largest absolute Gasteiger partial charge is 0.494 e. The van der Waals surface area contributed by atoms with E-state index >= 15 is 0 Å². The quantitative estimate of drug-likeness (QED) is 0.0355. The summed E-state index contributed by atoms with van der Waals surface area (Å²) in [7, 11) is 1.39. The molecule has 0 saturated heterocycles. The topological polar surface area (TPSA) is 159 Å². The number of unbranched alkanes of at least 4 members (excludes halogenated alkanes) is 2. The van der Waals surface area contributed by atoms with Gasteiger partial charge in [-0.1, -0.05) is 13.2 Å². The highest BCUT2D eigenvalue weighted by Crippen LogP contribution is 2.52. The average Bonchev–Trinajstić information content (AvgIpc) is 4.04. The van der Waals surface area contributed by atoms with Crippen LogP contribution in [0.5, 0.6) is 23.0 Å². The van der Waals surface area contributed by atoms with Gasteiger partial charge in [-0.25, -0.2) is 24.0 Å². The monoisotopic (exact) mass is 766 g/mol. The molecule has 2 unspecified atom stereocenters. The summed E-state index contributed by atoms with van der Waals surface area (Å²) in [6, 6.07) is 17.4. The summed E-state index contributed by atoms with van der Waals surface area (Å²) in [5.41, 5.74) is 0.815. The highest BCUT2D eigenvalue weighted by molar-refractivity contribution is 5.93. The predicted octanol–water partition coefficient (Wildman–Crippen LogP) is 7.12. The van der Waals surface area contributed by atoms with Crippen molar-refractivity contribution < 1.29 is 61.9 Å². The van der Waals surface area contributed by atoms with Gasteiger partial charge in [-0.3, -0.25) is 0 Å². The molecule has 0 aromatic heterocycles. The van der Waals surface area contributed by atoms with Crippen LogP contribution in [0.15, 0.2) is 116 Å². The maximum atomic E-state index is 13.1. The molecule has 1 fully saturated rings. The minimum absolute atomic E-state index is 0.0994. The third kappa shape index (κ3) is 11.7. The van der Waals surface area contributed by atoms with E-state index in [9.17, 15) is 24.0 Å². The third-order valence-electron chi connectivity index (χ3n) is 8.57. The highest BCUT2D eigenvalue weighted by Gasteiger charge is 2.48. The van der Waals surface area contributed by atoms with Gasteiger partial charge in [-0.15, -0.1) is 0 Å². The van der Waals surface area contributed by atoms with Crippen LogP contribution >= 0.6 is 0 Å². The van der Waals surface area contributed by atoms with E-state index in [1.807, 2.05) is 0 Å². The molecule has 13 heteroatoms. The Morgan fingerprint density at radius 1 is 0.571 bits per heavy atom. The Labute approximate surface area is 324 Å². The lowest BCUT2D eigenvalue weighted by Crippen LogP contribution is -2.13. The first-order chi connectivity index (χ1) is 27.2. The Balaban J connectivity index is 1.07. The number of methoxy groups -OCH3 is 1. The van der Waals surface area contributed by atoms with Crippen molar-refractivity contribution in [1.29, 1.82) is 0 Å². The second-order valence-corrected chi connectivity index (χ2v) is 12.5. The van der Waals surface area contributed by atoms with Crippen molar-refractivity contribution in [3.05, 3.63) is 132 Å². The zero-order chi connectivity index (χ0) is 39.9. The number of esters is 5. The normalized spacial score (nSPS) is 15.0. The molecule has 0 N–H and O–H groups in total. The van der Waals surface area contributed by atoms with Crippen LogP contribution in [0.4, 0.5) is 0 Å². The number of hydrogen-bond acceptors (Lipinski definition) is 13. The number of benzene rings is 3. The van der Waals surface area contributed by atoms with Crippen LogP contribution in [0.2, 0.25) is 0 Å². The zero-order valence-electron chi connectivity index (χ0n) is 30.9. The van der Waals surface area contributed by atoms with E-state index in [1.165, 1.54) is 25.3 Å². The van der Waals surface area contributed by atoms with Gasteiger partial charge in [0.25, 0.3) is 0 Å². The minimum Gasteiger partial charge on any atom is -0.494 e. The van der Waals surface area contributed by atoms with Gasteiger partial charge in [0.2, 0.25) is 0 Å². The lowest BCUT2D eigenvalue weighted by atomic mass is 10.1. The summed E-state index contributed by atoms with van der Waals surface area (Å²) < 4.78 is 43.6. The number of carbonyl (C=O) groups excluding carboxylic acids is 5. The van der Waals surface area contributed by atoms with Crippen molar-refractivity contribution in [1.82, 2.24) is 0 Å². The Morgan fingerprint density at radius 2 is 1.00 bits per heavy atom. The summed E-state index contributed by atoms with van der Waals surface area (Å²) in [5.74, 6) is -0.533. The molecule has 0 spiro atoms. The van der Waals surface area contributed by atoms with Gasteiger partial charge in [0, 0.05) is 24.0 Å². The first kappa shape index (κ1) is 40.6.